The average molecular weight is 199 g/mol. The quantitative estimate of drug-likeness (QED) is 0.668. The summed E-state index contributed by atoms with van der Waals surface area (Å²) < 4.78 is 4.78. The monoisotopic (exact) mass is 199 g/mol. The minimum Gasteiger partial charge on any atom is -0.445 e. The molecule has 0 aromatic heterocycles. The fraction of sp³-hybridized carbons (Fsp3) is 0.700. The number of aliphatic hydroxyl groups is 1. The standard InChI is InChI=1S/C10H17NO3/c1-4-5-14-9(13)11-7-6-8(12)10(7,2)3/h4,7-8,12H,1,5-6H2,2-3H3,(H,11,13). The van der Waals surface area contributed by atoms with E-state index in [-0.39, 0.29) is 24.2 Å². The molecular weight excluding hydrogens is 182 g/mol. The summed E-state index contributed by atoms with van der Waals surface area (Å²) in [7, 11) is 0. The molecule has 1 aliphatic rings. The maximum absolute atomic E-state index is 11.1. The first-order valence-electron chi connectivity index (χ1n) is 4.70. The highest BCUT2D eigenvalue weighted by molar-refractivity contribution is 5.68. The third-order valence-electron chi connectivity index (χ3n) is 2.84. The first-order chi connectivity index (χ1) is 6.48. The van der Waals surface area contributed by atoms with Crippen LogP contribution >= 0.6 is 0 Å². The Kier molecular flexibility index (Phi) is 3.16. The predicted molar refractivity (Wildman–Crippen MR) is 52.9 cm³/mol. The van der Waals surface area contributed by atoms with Gasteiger partial charge >= 0.3 is 6.09 Å². The predicted octanol–water partition coefficient (Wildman–Crippen LogP) is 1.06. The van der Waals surface area contributed by atoms with Gasteiger partial charge in [0.15, 0.2) is 0 Å². The largest absolute Gasteiger partial charge is 0.445 e. The molecule has 1 aliphatic carbocycles. The average Bonchev–Trinajstić information content (AvgIpc) is 2.14. The van der Waals surface area contributed by atoms with Crippen LogP contribution in [0.4, 0.5) is 4.79 Å². The number of hydrogen-bond acceptors (Lipinski definition) is 3. The Morgan fingerprint density at radius 1 is 1.79 bits per heavy atom. The van der Waals surface area contributed by atoms with Gasteiger partial charge in [0.25, 0.3) is 0 Å². The van der Waals surface area contributed by atoms with E-state index in [4.69, 9.17) is 4.74 Å². The van der Waals surface area contributed by atoms with Crippen molar-refractivity contribution in [2.45, 2.75) is 32.4 Å². The maximum Gasteiger partial charge on any atom is 0.407 e. The van der Waals surface area contributed by atoms with Gasteiger partial charge in [0, 0.05) is 11.5 Å². The first-order valence-corrected chi connectivity index (χ1v) is 4.70. The van der Waals surface area contributed by atoms with Gasteiger partial charge < -0.3 is 15.2 Å². The first kappa shape index (κ1) is 11.0. The van der Waals surface area contributed by atoms with Crippen LogP contribution in [-0.2, 0) is 4.74 Å². The van der Waals surface area contributed by atoms with Crippen molar-refractivity contribution >= 4 is 6.09 Å². The van der Waals surface area contributed by atoms with Gasteiger partial charge in [-0.1, -0.05) is 26.5 Å². The molecule has 1 amide bonds. The second kappa shape index (κ2) is 4.00. The molecule has 0 aliphatic heterocycles. The fourth-order valence-corrected chi connectivity index (χ4v) is 1.47. The van der Waals surface area contributed by atoms with E-state index in [0.717, 1.165) is 0 Å². The van der Waals surface area contributed by atoms with Gasteiger partial charge in [0.1, 0.15) is 6.61 Å². The van der Waals surface area contributed by atoms with Crippen LogP contribution in [0.1, 0.15) is 20.3 Å². The van der Waals surface area contributed by atoms with E-state index in [1.165, 1.54) is 6.08 Å². The molecule has 0 radical (unpaired) electrons. The van der Waals surface area contributed by atoms with Gasteiger partial charge in [0.2, 0.25) is 0 Å². The Bertz CT molecular complexity index is 238. The third-order valence-corrected chi connectivity index (χ3v) is 2.84. The van der Waals surface area contributed by atoms with Crippen molar-refractivity contribution < 1.29 is 14.6 Å². The van der Waals surface area contributed by atoms with Crippen LogP contribution < -0.4 is 5.32 Å². The van der Waals surface area contributed by atoms with Gasteiger partial charge in [0.05, 0.1) is 6.10 Å². The Labute approximate surface area is 83.9 Å². The van der Waals surface area contributed by atoms with Crippen LogP contribution in [0.25, 0.3) is 0 Å². The molecule has 0 aromatic carbocycles. The molecule has 80 valence electrons. The number of rotatable bonds is 3. The zero-order chi connectivity index (χ0) is 10.8. The fourth-order valence-electron chi connectivity index (χ4n) is 1.47. The highest BCUT2D eigenvalue weighted by atomic mass is 16.5. The van der Waals surface area contributed by atoms with Crippen molar-refractivity contribution in [3.8, 4) is 0 Å². The molecule has 1 saturated carbocycles. The zero-order valence-electron chi connectivity index (χ0n) is 8.62. The lowest BCUT2D eigenvalue weighted by Gasteiger charge is -2.49. The van der Waals surface area contributed by atoms with Crippen molar-refractivity contribution in [3.05, 3.63) is 12.7 Å². The zero-order valence-corrected chi connectivity index (χ0v) is 8.62. The van der Waals surface area contributed by atoms with Crippen molar-refractivity contribution in [3.63, 3.8) is 0 Å². The smallest absolute Gasteiger partial charge is 0.407 e. The lowest BCUT2D eigenvalue weighted by molar-refractivity contribution is -0.0703. The van der Waals surface area contributed by atoms with Crippen LogP contribution in [0.5, 0.6) is 0 Å². The highest BCUT2D eigenvalue weighted by Gasteiger charge is 2.48. The van der Waals surface area contributed by atoms with E-state index in [1.807, 2.05) is 13.8 Å². The molecule has 0 spiro atoms. The van der Waals surface area contributed by atoms with Gasteiger partial charge in [-0.15, -0.1) is 0 Å². The van der Waals surface area contributed by atoms with Crippen LogP contribution in [-0.4, -0.2) is 30.0 Å². The summed E-state index contributed by atoms with van der Waals surface area (Å²) in [6.07, 6.45) is 1.32. The molecule has 4 heteroatoms. The van der Waals surface area contributed by atoms with Gasteiger partial charge in [-0.25, -0.2) is 4.79 Å². The van der Waals surface area contributed by atoms with E-state index >= 15 is 0 Å². The summed E-state index contributed by atoms with van der Waals surface area (Å²) in [5, 5.41) is 12.1. The summed E-state index contributed by atoms with van der Waals surface area (Å²) in [5.74, 6) is 0. The van der Waals surface area contributed by atoms with Crippen LogP contribution in [0, 0.1) is 5.41 Å². The molecule has 2 unspecified atom stereocenters. The van der Waals surface area contributed by atoms with Crippen LogP contribution in [0.2, 0.25) is 0 Å². The lowest BCUT2D eigenvalue weighted by atomic mass is 9.65. The molecule has 1 rings (SSSR count). The Balaban J connectivity index is 2.32. The number of aliphatic hydroxyl groups excluding tert-OH is 1. The van der Waals surface area contributed by atoms with E-state index in [1.54, 1.807) is 0 Å². The van der Waals surface area contributed by atoms with E-state index < -0.39 is 6.09 Å². The number of carbonyl (C=O) groups excluding carboxylic acids is 1. The molecule has 14 heavy (non-hydrogen) atoms. The second-order valence-corrected chi connectivity index (χ2v) is 4.16. The van der Waals surface area contributed by atoms with Crippen molar-refractivity contribution in [2.24, 2.45) is 5.41 Å². The SMILES string of the molecule is C=CCOC(=O)NC1CC(O)C1(C)C. The van der Waals surface area contributed by atoms with Crippen molar-refractivity contribution in [2.75, 3.05) is 6.61 Å². The van der Waals surface area contributed by atoms with Crippen molar-refractivity contribution in [1.29, 1.82) is 0 Å². The molecule has 0 aromatic rings. The number of nitrogens with one attached hydrogen (secondary N) is 1. The van der Waals surface area contributed by atoms with E-state index in [2.05, 4.69) is 11.9 Å². The molecule has 2 N–H and O–H groups in total. The Hall–Kier alpha value is -1.03. The number of ether oxygens (including phenoxy) is 1. The minimum atomic E-state index is -0.449. The Morgan fingerprint density at radius 2 is 2.43 bits per heavy atom. The summed E-state index contributed by atoms with van der Waals surface area (Å²) in [5.41, 5.74) is -0.257. The lowest BCUT2D eigenvalue weighted by Crippen LogP contribution is -2.61. The topological polar surface area (TPSA) is 58.6 Å². The maximum atomic E-state index is 11.1. The summed E-state index contributed by atoms with van der Waals surface area (Å²) in [6.45, 7) is 7.48. The molecule has 0 bridgehead atoms. The van der Waals surface area contributed by atoms with E-state index in [0.29, 0.717) is 6.42 Å². The molecule has 1 fully saturated rings. The van der Waals surface area contributed by atoms with Crippen LogP contribution in [0.15, 0.2) is 12.7 Å². The van der Waals surface area contributed by atoms with Crippen LogP contribution in [0.3, 0.4) is 0 Å². The number of amides is 1. The molecular formula is C10H17NO3. The second-order valence-electron chi connectivity index (χ2n) is 4.16. The molecule has 0 saturated heterocycles. The summed E-state index contributed by atoms with van der Waals surface area (Å²) in [4.78, 5) is 11.1. The number of alkyl carbamates (subject to hydrolysis) is 1. The third kappa shape index (κ3) is 2.07. The van der Waals surface area contributed by atoms with Crippen molar-refractivity contribution in [1.82, 2.24) is 5.32 Å². The summed E-state index contributed by atoms with van der Waals surface area (Å²) >= 11 is 0. The Morgan fingerprint density at radius 3 is 2.86 bits per heavy atom. The number of hydrogen-bond donors (Lipinski definition) is 2. The normalized spacial score (nSPS) is 28.8. The summed E-state index contributed by atoms with van der Waals surface area (Å²) in [6, 6.07) is -0.00480. The highest BCUT2D eigenvalue weighted by Crippen LogP contribution is 2.40. The molecule has 2 atom stereocenters. The molecule has 4 nitrogen and oxygen atoms in total. The number of carbonyl (C=O) groups is 1. The van der Waals surface area contributed by atoms with Gasteiger partial charge in [-0.05, 0) is 6.42 Å². The minimum absolute atomic E-state index is 0.00480. The van der Waals surface area contributed by atoms with Gasteiger partial charge in [-0.2, -0.15) is 0 Å². The molecule has 0 heterocycles. The van der Waals surface area contributed by atoms with Gasteiger partial charge in [-0.3, -0.25) is 0 Å². The van der Waals surface area contributed by atoms with E-state index in [9.17, 15) is 9.90 Å².